The summed E-state index contributed by atoms with van der Waals surface area (Å²) in [5, 5.41) is 10.8. The van der Waals surface area contributed by atoms with Crippen LogP contribution in [0.5, 0.6) is 0 Å². The summed E-state index contributed by atoms with van der Waals surface area (Å²) in [5.74, 6) is 0.632. The first-order chi connectivity index (χ1) is 12.0. The van der Waals surface area contributed by atoms with Gasteiger partial charge in [0.2, 0.25) is 5.91 Å². The molecule has 1 aliphatic rings. The summed E-state index contributed by atoms with van der Waals surface area (Å²) in [4.78, 5) is 42.5. The lowest BCUT2D eigenvalue weighted by molar-refractivity contribution is -0.385. The molecule has 130 valence electrons. The molecule has 1 aliphatic heterocycles. The summed E-state index contributed by atoms with van der Waals surface area (Å²) in [5.41, 5.74) is -0.654. The molecule has 2 aromatic heterocycles. The fourth-order valence-corrected chi connectivity index (χ4v) is 2.72. The highest BCUT2D eigenvalue weighted by Crippen LogP contribution is 2.13. The van der Waals surface area contributed by atoms with Gasteiger partial charge in [-0.3, -0.25) is 24.3 Å². The van der Waals surface area contributed by atoms with Crippen LogP contribution in [0.25, 0.3) is 0 Å². The number of anilines is 1. The Bertz CT molecular complexity index is 828. The lowest BCUT2D eigenvalue weighted by atomic mass is 10.3. The van der Waals surface area contributed by atoms with Crippen LogP contribution in [0.15, 0.2) is 47.5 Å². The SMILES string of the molecule is O=C(Cn1cc([N+](=O)[O-])ccc1=O)N1CCN(c2ccccn2)CC1. The fraction of sp³-hybridized carbons (Fsp3) is 0.312. The number of nitro groups is 1. The number of pyridine rings is 2. The molecule has 3 rings (SSSR count). The molecule has 0 N–H and O–H groups in total. The number of piperazine rings is 1. The largest absolute Gasteiger partial charge is 0.353 e. The van der Waals surface area contributed by atoms with Crippen molar-refractivity contribution in [2.75, 3.05) is 31.1 Å². The second kappa shape index (κ2) is 7.12. The second-order valence-corrected chi connectivity index (χ2v) is 5.67. The summed E-state index contributed by atoms with van der Waals surface area (Å²) >= 11 is 0. The molecule has 0 bridgehead atoms. The van der Waals surface area contributed by atoms with Crippen molar-refractivity contribution in [1.29, 1.82) is 0 Å². The van der Waals surface area contributed by atoms with E-state index in [2.05, 4.69) is 9.88 Å². The van der Waals surface area contributed by atoms with Crippen molar-refractivity contribution in [3.63, 3.8) is 0 Å². The molecule has 0 saturated carbocycles. The van der Waals surface area contributed by atoms with Crippen LogP contribution >= 0.6 is 0 Å². The lowest BCUT2D eigenvalue weighted by Crippen LogP contribution is -2.50. The van der Waals surface area contributed by atoms with E-state index in [9.17, 15) is 19.7 Å². The second-order valence-electron chi connectivity index (χ2n) is 5.67. The number of hydrogen-bond acceptors (Lipinski definition) is 6. The van der Waals surface area contributed by atoms with Crippen LogP contribution in [-0.4, -0.2) is 51.5 Å². The quantitative estimate of drug-likeness (QED) is 0.592. The number of hydrogen-bond donors (Lipinski definition) is 0. The third-order valence-corrected chi connectivity index (χ3v) is 4.09. The number of carbonyl (C=O) groups is 1. The monoisotopic (exact) mass is 343 g/mol. The summed E-state index contributed by atoms with van der Waals surface area (Å²) < 4.78 is 1.07. The Labute approximate surface area is 143 Å². The van der Waals surface area contributed by atoms with E-state index in [0.717, 1.165) is 28.7 Å². The molecular weight excluding hydrogens is 326 g/mol. The van der Waals surface area contributed by atoms with Crippen molar-refractivity contribution >= 4 is 17.4 Å². The maximum absolute atomic E-state index is 12.4. The van der Waals surface area contributed by atoms with Crippen LogP contribution in [0.3, 0.4) is 0 Å². The molecule has 0 unspecified atom stereocenters. The summed E-state index contributed by atoms with van der Waals surface area (Å²) in [6.45, 7) is 2.11. The summed E-state index contributed by atoms with van der Waals surface area (Å²) in [6, 6.07) is 7.91. The van der Waals surface area contributed by atoms with Gasteiger partial charge in [0.15, 0.2) is 0 Å². The van der Waals surface area contributed by atoms with Crippen LogP contribution in [0.4, 0.5) is 11.5 Å². The van der Waals surface area contributed by atoms with E-state index in [0.29, 0.717) is 26.2 Å². The van der Waals surface area contributed by atoms with Crippen LogP contribution in [0.2, 0.25) is 0 Å². The van der Waals surface area contributed by atoms with Gasteiger partial charge in [-0.1, -0.05) is 6.07 Å². The average Bonchev–Trinajstić information content (AvgIpc) is 2.64. The highest BCUT2D eigenvalue weighted by atomic mass is 16.6. The Morgan fingerprint density at radius 2 is 1.92 bits per heavy atom. The van der Waals surface area contributed by atoms with Gasteiger partial charge in [0.05, 0.1) is 11.1 Å². The predicted molar refractivity (Wildman–Crippen MR) is 90.4 cm³/mol. The Kier molecular flexibility index (Phi) is 4.73. The van der Waals surface area contributed by atoms with E-state index >= 15 is 0 Å². The van der Waals surface area contributed by atoms with Crippen LogP contribution < -0.4 is 10.5 Å². The number of carbonyl (C=O) groups excluding carboxylic acids is 1. The molecule has 9 heteroatoms. The van der Waals surface area contributed by atoms with Gasteiger partial charge in [0.25, 0.3) is 11.2 Å². The van der Waals surface area contributed by atoms with Gasteiger partial charge < -0.3 is 9.80 Å². The number of amides is 1. The Hall–Kier alpha value is -3.23. The van der Waals surface area contributed by atoms with E-state index < -0.39 is 10.5 Å². The molecule has 1 saturated heterocycles. The van der Waals surface area contributed by atoms with Crippen molar-refractivity contribution < 1.29 is 9.72 Å². The third-order valence-electron chi connectivity index (χ3n) is 4.09. The number of rotatable bonds is 4. The lowest BCUT2D eigenvalue weighted by Gasteiger charge is -2.35. The first kappa shape index (κ1) is 16.6. The molecule has 0 radical (unpaired) electrons. The molecule has 0 spiro atoms. The van der Waals surface area contributed by atoms with Crippen LogP contribution in [-0.2, 0) is 11.3 Å². The Morgan fingerprint density at radius 3 is 2.56 bits per heavy atom. The molecule has 0 atom stereocenters. The maximum Gasteiger partial charge on any atom is 0.285 e. The Balaban J connectivity index is 1.63. The van der Waals surface area contributed by atoms with E-state index in [1.807, 2.05) is 18.2 Å². The minimum atomic E-state index is -0.591. The predicted octanol–water partition coefficient (Wildman–Crippen LogP) is 0.500. The fourth-order valence-electron chi connectivity index (χ4n) is 2.72. The van der Waals surface area contributed by atoms with Crippen molar-refractivity contribution in [2.45, 2.75) is 6.54 Å². The highest BCUT2D eigenvalue weighted by molar-refractivity contribution is 5.76. The van der Waals surface area contributed by atoms with E-state index in [1.54, 1.807) is 11.1 Å². The highest BCUT2D eigenvalue weighted by Gasteiger charge is 2.22. The standard InChI is InChI=1S/C16H17N5O4/c22-15-5-4-13(21(24)25)11-20(15)12-16(23)19-9-7-18(8-10-19)14-3-1-2-6-17-14/h1-6,11H,7-10,12H2. The molecule has 3 heterocycles. The van der Waals surface area contributed by atoms with Gasteiger partial charge in [-0.25, -0.2) is 4.98 Å². The molecule has 0 aliphatic carbocycles. The minimum absolute atomic E-state index is 0.204. The van der Waals surface area contributed by atoms with Crippen molar-refractivity contribution in [1.82, 2.24) is 14.5 Å². The molecule has 1 amide bonds. The Morgan fingerprint density at radius 1 is 1.16 bits per heavy atom. The van der Waals surface area contributed by atoms with Crippen molar-refractivity contribution in [2.24, 2.45) is 0 Å². The molecule has 9 nitrogen and oxygen atoms in total. The van der Waals surface area contributed by atoms with E-state index in [1.165, 1.54) is 0 Å². The van der Waals surface area contributed by atoms with Gasteiger partial charge in [0, 0.05) is 44.5 Å². The summed E-state index contributed by atoms with van der Waals surface area (Å²) in [6.07, 6.45) is 2.83. The third kappa shape index (κ3) is 3.82. The topological polar surface area (TPSA) is 102 Å². The smallest absolute Gasteiger partial charge is 0.285 e. The average molecular weight is 343 g/mol. The number of nitrogens with zero attached hydrogens (tertiary/aromatic N) is 5. The zero-order valence-electron chi connectivity index (χ0n) is 13.4. The zero-order chi connectivity index (χ0) is 17.8. The maximum atomic E-state index is 12.4. The summed E-state index contributed by atoms with van der Waals surface area (Å²) in [7, 11) is 0. The van der Waals surface area contributed by atoms with Gasteiger partial charge in [0.1, 0.15) is 12.4 Å². The van der Waals surface area contributed by atoms with Gasteiger partial charge in [-0.2, -0.15) is 0 Å². The van der Waals surface area contributed by atoms with Crippen molar-refractivity contribution in [3.8, 4) is 0 Å². The minimum Gasteiger partial charge on any atom is -0.353 e. The van der Waals surface area contributed by atoms with Gasteiger partial charge >= 0.3 is 0 Å². The van der Waals surface area contributed by atoms with Crippen molar-refractivity contribution in [3.05, 3.63) is 63.2 Å². The van der Waals surface area contributed by atoms with E-state index in [-0.39, 0.29) is 18.1 Å². The number of aromatic nitrogens is 2. The van der Waals surface area contributed by atoms with E-state index in [4.69, 9.17) is 0 Å². The molecule has 2 aromatic rings. The van der Waals surface area contributed by atoms with Crippen LogP contribution in [0.1, 0.15) is 0 Å². The molecule has 25 heavy (non-hydrogen) atoms. The molecule has 0 aromatic carbocycles. The molecule has 1 fully saturated rings. The van der Waals surface area contributed by atoms with Gasteiger partial charge in [-0.05, 0) is 12.1 Å². The molecular formula is C16H17N5O4. The van der Waals surface area contributed by atoms with Crippen LogP contribution in [0, 0.1) is 10.1 Å². The first-order valence-electron chi connectivity index (χ1n) is 7.83. The first-order valence-corrected chi connectivity index (χ1v) is 7.83. The normalized spacial score (nSPS) is 14.4. The zero-order valence-corrected chi connectivity index (χ0v) is 13.4. The van der Waals surface area contributed by atoms with Gasteiger partial charge in [-0.15, -0.1) is 0 Å².